The molecule has 0 aromatic heterocycles. The molecule has 0 saturated carbocycles. The van der Waals surface area contributed by atoms with Gasteiger partial charge in [-0.1, -0.05) is 42.5 Å². The van der Waals surface area contributed by atoms with E-state index in [1.807, 2.05) is 36.4 Å². The smallest absolute Gasteiger partial charge is 0.244 e. The topological polar surface area (TPSA) is 131 Å². The first-order valence-corrected chi connectivity index (χ1v) is 14.3. The van der Waals surface area contributed by atoms with E-state index in [4.69, 9.17) is 16.3 Å². The summed E-state index contributed by atoms with van der Waals surface area (Å²) in [5.74, 6) is 5.67. The van der Waals surface area contributed by atoms with Gasteiger partial charge in [-0.25, -0.2) is 8.42 Å². The van der Waals surface area contributed by atoms with E-state index < -0.39 is 16.1 Å². The van der Waals surface area contributed by atoms with E-state index in [9.17, 15) is 13.2 Å². The molecule has 0 bridgehead atoms. The summed E-state index contributed by atoms with van der Waals surface area (Å²) < 4.78 is 35.0. The molecule has 1 atom stereocenters. The van der Waals surface area contributed by atoms with Crippen LogP contribution in [0.1, 0.15) is 23.1 Å². The van der Waals surface area contributed by atoms with Crippen LogP contribution in [-0.4, -0.2) is 49.4 Å². The van der Waals surface area contributed by atoms with Crippen molar-refractivity contribution in [3.8, 4) is 5.75 Å². The third kappa shape index (κ3) is 5.63. The van der Waals surface area contributed by atoms with E-state index >= 15 is 0 Å². The molecule has 4 N–H and O–H groups in total. The van der Waals surface area contributed by atoms with Gasteiger partial charge in [-0.2, -0.15) is 9.41 Å². The average molecular weight is 558 g/mol. The van der Waals surface area contributed by atoms with Crippen LogP contribution in [0.3, 0.4) is 0 Å². The molecule has 0 aliphatic carbocycles. The van der Waals surface area contributed by atoms with Gasteiger partial charge in [-0.15, -0.1) is 0 Å². The van der Waals surface area contributed by atoms with Gasteiger partial charge in [0.1, 0.15) is 11.8 Å². The summed E-state index contributed by atoms with van der Waals surface area (Å²) in [5.41, 5.74) is 8.90. The Bertz CT molecular complexity index is 1670. The van der Waals surface area contributed by atoms with E-state index in [0.29, 0.717) is 30.9 Å². The zero-order chi connectivity index (χ0) is 28.3. The molecule has 0 radical (unpaired) electrons. The Morgan fingerprint density at radius 1 is 1.00 bits per heavy atom. The lowest BCUT2D eigenvalue weighted by Crippen LogP contribution is -2.44. The minimum atomic E-state index is -4.06. The normalized spacial score (nSPS) is 15.9. The van der Waals surface area contributed by atoms with Gasteiger partial charge in [0.15, 0.2) is 0 Å². The van der Waals surface area contributed by atoms with E-state index in [0.717, 1.165) is 27.5 Å². The second kappa shape index (κ2) is 11.4. The fourth-order valence-corrected chi connectivity index (χ4v) is 6.65. The standard InChI is InChI=1S/C30H31N5O4S/c1-39-27-11-7-24-8-12-28(17-25(24)16-27)40(37,38)35(20-21-5-9-26(31)10-6-21)29-13-14-34(30(29)36)19-23-4-2-3-22(15-23)18-33-32/h2-12,15-18,29H,13-14,19-20,31-32H2,1H3/t29-/m0/s1. The predicted molar refractivity (Wildman–Crippen MR) is 156 cm³/mol. The summed E-state index contributed by atoms with van der Waals surface area (Å²) in [6, 6.07) is 24.2. The third-order valence-electron chi connectivity index (χ3n) is 7.11. The first-order chi connectivity index (χ1) is 19.3. The van der Waals surface area contributed by atoms with Gasteiger partial charge in [0.2, 0.25) is 15.9 Å². The Morgan fingerprint density at radius 2 is 1.77 bits per heavy atom. The van der Waals surface area contributed by atoms with Crippen molar-refractivity contribution in [1.82, 2.24) is 9.21 Å². The van der Waals surface area contributed by atoms with Crippen LogP contribution >= 0.6 is 0 Å². The lowest BCUT2D eigenvalue weighted by atomic mass is 10.1. The van der Waals surface area contributed by atoms with Crippen LogP contribution < -0.4 is 16.3 Å². The third-order valence-corrected chi connectivity index (χ3v) is 8.96. The molecule has 0 unspecified atom stereocenters. The number of carbonyl (C=O) groups is 1. The zero-order valence-electron chi connectivity index (χ0n) is 22.1. The van der Waals surface area contributed by atoms with E-state index in [2.05, 4.69) is 5.10 Å². The highest BCUT2D eigenvalue weighted by atomic mass is 32.2. The molecule has 1 aliphatic rings. The molecule has 40 heavy (non-hydrogen) atoms. The molecule has 1 saturated heterocycles. The Balaban J connectivity index is 1.48. The number of amides is 1. The van der Waals surface area contributed by atoms with Gasteiger partial charge in [-0.05, 0) is 76.3 Å². The number of likely N-dealkylation sites (tertiary alicyclic amines) is 1. The van der Waals surface area contributed by atoms with Crippen LogP contribution in [0.25, 0.3) is 10.8 Å². The van der Waals surface area contributed by atoms with Gasteiger partial charge < -0.3 is 21.2 Å². The number of carbonyl (C=O) groups excluding carboxylic acids is 1. The van der Waals surface area contributed by atoms with Crippen LogP contribution in [0.4, 0.5) is 5.69 Å². The number of fused-ring (bicyclic) bond motifs is 1. The van der Waals surface area contributed by atoms with Crippen molar-refractivity contribution < 1.29 is 17.9 Å². The fraction of sp³-hybridized carbons (Fsp3) is 0.200. The molecule has 0 spiro atoms. The molecule has 4 aromatic carbocycles. The van der Waals surface area contributed by atoms with Gasteiger partial charge in [0.05, 0.1) is 18.2 Å². The van der Waals surface area contributed by atoms with Gasteiger partial charge in [0.25, 0.3) is 0 Å². The lowest BCUT2D eigenvalue weighted by Gasteiger charge is -2.28. The fourth-order valence-electron chi connectivity index (χ4n) is 5.02. The van der Waals surface area contributed by atoms with E-state index in [1.165, 1.54) is 10.5 Å². The molecule has 9 nitrogen and oxygen atoms in total. The molecular weight excluding hydrogens is 526 g/mol. The number of methoxy groups -OCH3 is 1. The SMILES string of the molecule is COc1ccc2ccc(S(=O)(=O)N(Cc3ccc(N)cc3)[C@H]3CCN(Cc4cccc(C=NN)c4)C3=O)cc2c1. The maximum Gasteiger partial charge on any atom is 0.244 e. The van der Waals surface area contributed by atoms with Crippen LogP contribution in [-0.2, 0) is 27.9 Å². The summed E-state index contributed by atoms with van der Waals surface area (Å²) in [4.78, 5) is 15.5. The zero-order valence-corrected chi connectivity index (χ0v) is 22.9. The Morgan fingerprint density at radius 3 is 2.52 bits per heavy atom. The summed E-state index contributed by atoms with van der Waals surface area (Å²) >= 11 is 0. The molecule has 1 heterocycles. The molecule has 4 aromatic rings. The quantitative estimate of drug-likeness (QED) is 0.140. The second-order valence-corrected chi connectivity index (χ2v) is 11.6. The lowest BCUT2D eigenvalue weighted by molar-refractivity contribution is -0.131. The van der Waals surface area contributed by atoms with Crippen LogP contribution in [0, 0.1) is 0 Å². The van der Waals surface area contributed by atoms with Crippen molar-refractivity contribution in [2.45, 2.75) is 30.4 Å². The number of anilines is 1. The Kier molecular flexibility index (Phi) is 7.72. The number of hydrogen-bond acceptors (Lipinski definition) is 7. The predicted octanol–water partition coefficient (Wildman–Crippen LogP) is 3.72. The van der Waals surface area contributed by atoms with Crippen molar-refractivity contribution in [3.63, 3.8) is 0 Å². The highest BCUT2D eigenvalue weighted by Crippen LogP contribution is 2.30. The summed E-state index contributed by atoms with van der Waals surface area (Å²) in [7, 11) is -2.50. The van der Waals surface area contributed by atoms with Gasteiger partial charge in [-0.3, -0.25) is 4.79 Å². The Hall–Kier alpha value is -4.41. The Labute approximate surface area is 233 Å². The average Bonchev–Trinajstić information content (AvgIpc) is 3.31. The van der Waals surface area contributed by atoms with Crippen LogP contribution in [0.5, 0.6) is 5.75 Å². The number of rotatable bonds is 9. The number of ether oxygens (including phenoxy) is 1. The maximum atomic E-state index is 14.2. The van der Waals surface area contributed by atoms with E-state index in [-0.39, 0.29) is 17.3 Å². The minimum absolute atomic E-state index is 0.0332. The molecule has 5 rings (SSSR count). The number of nitrogen functional groups attached to an aromatic ring is 1. The second-order valence-electron chi connectivity index (χ2n) is 9.75. The number of nitrogens with zero attached hydrogens (tertiary/aromatic N) is 3. The van der Waals surface area contributed by atoms with Crippen molar-refractivity contribution in [2.24, 2.45) is 10.9 Å². The highest BCUT2D eigenvalue weighted by Gasteiger charge is 2.42. The van der Waals surface area contributed by atoms with Crippen molar-refractivity contribution >= 4 is 38.6 Å². The van der Waals surface area contributed by atoms with Crippen molar-refractivity contribution in [3.05, 3.63) is 102 Å². The molecule has 1 fully saturated rings. The molecule has 1 amide bonds. The molecule has 10 heteroatoms. The number of hydrazone groups is 1. The molecule has 1 aliphatic heterocycles. The number of nitrogens with two attached hydrogens (primary N) is 2. The molecular formula is C30H31N5O4S. The highest BCUT2D eigenvalue weighted by molar-refractivity contribution is 7.89. The monoisotopic (exact) mass is 557 g/mol. The minimum Gasteiger partial charge on any atom is -0.497 e. The summed E-state index contributed by atoms with van der Waals surface area (Å²) in [6.07, 6.45) is 1.91. The van der Waals surface area contributed by atoms with Gasteiger partial charge >= 0.3 is 0 Å². The van der Waals surface area contributed by atoms with Crippen LogP contribution in [0.2, 0.25) is 0 Å². The van der Waals surface area contributed by atoms with Crippen molar-refractivity contribution in [2.75, 3.05) is 19.4 Å². The van der Waals surface area contributed by atoms with E-state index in [1.54, 1.807) is 60.5 Å². The van der Waals surface area contributed by atoms with Crippen LogP contribution in [0.15, 0.2) is 94.9 Å². The molecule has 206 valence electrons. The largest absolute Gasteiger partial charge is 0.497 e. The summed E-state index contributed by atoms with van der Waals surface area (Å²) in [5, 5.41) is 5.18. The first-order valence-electron chi connectivity index (χ1n) is 12.8. The number of benzene rings is 4. The first kappa shape index (κ1) is 27.2. The summed E-state index contributed by atoms with van der Waals surface area (Å²) in [6.45, 7) is 0.819. The number of sulfonamides is 1. The number of hydrogen-bond donors (Lipinski definition) is 2. The maximum absolute atomic E-state index is 14.2. The van der Waals surface area contributed by atoms with Gasteiger partial charge in [0, 0.05) is 25.3 Å². The van der Waals surface area contributed by atoms with Crippen molar-refractivity contribution in [1.29, 1.82) is 0 Å².